The van der Waals surface area contributed by atoms with E-state index in [0.29, 0.717) is 11.5 Å². The molecule has 1 aliphatic carbocycles. The summed E-state index contributed by atoms with van der Waals surface area (Å²) in [5.41, 5.74) is 1.89. The maximum absolute atomic E-state index is 13.4. The van der Waals surface area contributed by atoms with Crippen LogP contribution in [0, 0.1) is 5.82 Å². The van der Waals surface area contributed by atoms with Crippen LogP contribution in [0.4, 0.5) is 4.39 Å². The minimum atomic E-state index is -0.268. The van der Waals surface area contributed by atoms with Gasteiger partial charge in [0.2, 0.25) is 5.89 Å². The second-order valence-corrected chi connectivity index (χ2v) is 7.04. The highest BCUT2D eigenvalue weighted by Crippen LogP contribution is 2.35. The molecular formula is C19H24FN3O. The van der Waals surface area contributed by atoms with E-state index in [1.54, 1.807) is 12.3 Å². The molecule has 1 aliphatic heterocycles. The molecule has 5 heteroatoms. The van der Waals surface area contributed by atoms with Crippen LogP contribution < -0.4 is 5.32 Å². The fourth-order valence-corrected chi connectivity index (χ4v) is 4.16. The number of oxazole rings is 1. The Labute approximate surface area is 142 Å². The highest BCUT2D eigenvalue weighted by Gasteiger charge is 2.39. The van der Waals surface area contributed by atoms with Crippen molar-refractivity contribution >= 4 is 0 Å². The van der Waals surface area contributed by atoms with Crippen molar-refractivity contribution in [1.29, 1.82) is 0 Å². The van der Waals surface area contributed by atoms with E-state index in [1.807, 2.05) is 6.07 Å². The van der Waals surface area contributed by atoms with Gasteiger partial charge >= 0.3 is 0 Å². The smallest absolute Gasteiger partial charge is 0.226 e. The number of halogens is 1. The van der Waals surface area contributed by atoms with E-state index in [0.717, 1.165) is 31.9 Å². The lowest BCUT2D eigenvalue weighted by Crippen LogP contribution is -2.61. The van der Waals surface area contributed by atoms with E-state index in [4.69, 9.17) is 4.42 Å². The molecule has 0 radical (unpaired) electrons. The van der Waals surface area contributed by atoms with Crippen molar-refractivity contribution in [2.75, 3.05) is 19.6 Å². The van der Waals surface area contributed by atoms with Crippen molar-refractivity contribution in [3.63, 3.8) is 0 Å². The summed E-state index contributed by atoms with van der Waals surface area (Å²) in [4.78, 5) is 7.18. The number of rotatable bonds is 3. The minimum absolute atomic E-state index is 0.268. The molecule has 1 saturated heterocycles. The van der Waals surface area contributed by atoms with Gasteiger partial charge in [-0.05, 0) is 31.0 Å². The van der Waals surface area contributed by atoms with Gasteiger partial charge in [-0.3, -0.25) is 4.90 Å². The van der Waals surface area contributed by atoms with Gasteiger partial charge in [-0.1, -0.05) is 25.3 Å². The van der Waals surface area contributed by atoms with Gasteiger partial charge in [0, 0.05) is 37.3 Å². The predicted molar refractivity (Wildman–Crippen MR) is 91.0 cm³/mol. The Hall–Kier alpha value is -1.72. The first-order valence-electron chi connectivity index (χ1n) is 8.91. The van der Waals surface area contributed by atoms with Crippen molar-refractivity contribution in [1.82, 2.24) is 15.2 Å². The van der Waals surface area contributed by atoms with Crippen LogP contribution in [-0.2, 0) is 6.54 Å². The number of nitrogens with zero attached hydrogens (tertiary/aromatic N) is 2. The quantitative estimate of drug-likeness (QED) is 0.934. The molecule has 2 heterocycles. The summed E-state index contributed by atoms with van der Waals surface area (Å²) in [5, 5.41) is 3.57. The molecule has 2 aliphatic rings. The largest absolute Gasteiger partial charge is 0.444 e. The molecular weight excluding hydrogens is 305 g/mol. The third-order valence-corrected chi connectivity index (χ3v) is 5.44. The summed E-state index contributed by atoms with van der Waals surface area (Å²) >= 11 is 0. The first kappa shape index (κ1) is 15.8. The topological polar surface area (TPSA) is 41.3 Å². The van der Waals surface area contributed by atoms with Crippen molar-refractivity contribution in [3.8, 4) is 11.5 Å². The summed E-state index contributed by atoms with van der Waals surface area (Å²) in [6, 6.07) is 6.40. The maximum atomic E-state index is 13.4. The number of piperazine rings is 1. The van der Waals surface area contributed by atoms with Crippen LogP contribution in [0.5, 0.6) is 0 Å². The summed E-state index contributed by atoms with van der Waals surface area (Å²) in [6.45, 7) is 3.95. The zero-order valence-electron chi connectivity index (χ0n) is 13.9. The molecule has 4 nitrogen and oxygen atoms in total. The lowest BCUT2D eigenvalue weighted by atomic mass is 9.79. The van der Waals surface area contributed by atoms with E-state index in [1.165, 1.54) is 44.2 Å². The van der Waals surface area contributed by atoms with Crippen LogP contribution >= 0.6 is 0 Å². The third-order valence-electron chi connectivity index (χ3n) is 5.44. The molecule has 24 heavy (non-hydrogen) atoms. The molecule has 0 amide bonds. The van der Waals surface area contributed by atoms with Gasteiger partial charge in [-0.2, -0.15) is 0 Å². The lowest BCUT2D eigenvalue weighted by Gasteiger charge is -2.49. The van der Waals surface area contributed by atoms with Crippen LogP contribution in [-0.4, -0.2) is 35.1 Å². The van der Waals surface area contributed by atoms with Crippen LogP contribution in [0.3, 0.4) is 0 Å². The fraction of sp³-hybridized carbons (Fsp3) is 0.526. The predicted octanol–water partition coefficient (Wildman–Crippen LogP) is 3.59. The Morgan fingerprint density at radius 3 is 2.96 bits per heavy atom. The number of aromatic nitrogens is 1. The highest BCUT2D eigenvalue weighted by molar-refractivity contribution is 5.52. The molecule has 0 atom stereocenters. The standard InChI is InChI=1S/C19H24FN3O/c20-16-6-4-5-15(11-16)18-22-17(13-24-18)12-23-10-9-21-14-19(23)7-2-1-3-8-19/h4-6,11,13,21H,1-3,7-10,12,14H2. The molecule has 1 aromatic carbocycles. The van der Waals surface area contributed by atoms with Crippen LogP contribution in [0.15, 0.2) is 34.9 Å². The average Bonchev–Trinajstić information content (AvgIpc) is 3.07. The van der Waals surface area contributed by atoms with Gasteiger partial charge in [0.05, 0.1) is 5.69 Å². The molecule has 1 aromatic heterocycles. The second-order valence-electron chi connectivity index (χ2n) is 7.04. The molecule has 1 N–H and O–H groups in total. The van der Waals surface area contributed by atoms with Gasteiger partial charge in [0.25, 0.3) is 0 Å². The number of hydrogen-bond acceptors (Lipinski definition) is 4. The highest BCUT2D eigenvalue weighted by atomic mass is 19.1. The maximum Gasteiger partial charge on any atom is 0.226 e. The zero-order valence-corrected chi connectivity index (χ0v) is 13.9. The molecule has 2 aromatic rings. The van der Waals surface area contributed by atoms with E-state index >= 15 is 0 Å². The lowest BCUT2D eigenvalue weighted by molar-refractivity contribution is 0.0199. The molecule has 0 bridgehead atoms. The number of benzene rings is 1. The zero-order chi connectivity index (χ0) is 16.4. The van der Waals surface area contributed by atoms with Crippen molar-refractivity contribution < 1.29 is 8.81 Å². The molecule has 4 rings (SSSR count). The third kappa shape index (κ3) is 3.10. The average molecular weight is 329 g/mol. The summed E-state index contributed by atoms with van der Waals surface area (Å²) < 4.78 is 19.0. The van der Waals surface area contributed by atoms with Crippen LogP contribution in [0.2, 0.25) is 0 Å². The Morgan fingerprint density at radius 1 is 1.25 bits per heavy atom. The van der Waals surface area contributed by atoms with Gasteiger partial charge < -0.3 is 9.73 Å². The first-order chi connectivity index (χ1) is 11.8. The molecule has 2 fully saturated rings. The van der Waals surface area contributed by atoms with Gasteiger partial charge in [0.15, 0.2) is 0 Å². The van der Waals surface area contributed by atoms with Crippen molar-refractivity contribution in [2.24, 2.45) is 0 Å². The van der Waals surface area contributed by atoms with E-state index in [2.05, 4.69) is 15.2 Å². The van der Waals surface area contributed by atoms with Gasteiger partial charge in [-0.15, -0.1) is 0 Å². The number of hydrogen-bond donors (Lipinski definition) is 1. The molecule has 1 saturated carbocycles. The molecule has 0 unspecified atom stereocenters. The molecule has 1 spiro atoms. The van der Waals surface area contributed by atoms with Crippen molar-refractivity contribution in [2.45, 2.75) is 44.2 Å². The van der Waals surface area contributed by atoms with Gasteiger partial charge in [0.1, 0.15) is 12.1 Å². The summed E-state index contributed by atoms with van der Waals surface area (Å²) in [7, 11) is 0. The minimum Gasteiger partial charge on any atom is -0.444 e. The number of nitrogens with one attached hydrogen (secondary N) is 1. The Morgan fingerprint density at radius 2 is 2.12 bits per heavy atom. The van der Waals surface area contributed by atoms with E-state index in [-0.39, 0.29) is 11.4 Å². The first-order valence-corrected chi connectivity index (χ1v) is 8.91. The van der Waals surface area contributed by atoms with Crippen LogP contribution in [0.1, 0.15) is 37.8 Å². The molecule has 128 valence electrons. The van der Waals surface area contributed by atoms with E-state index in [9.17, 15) is 4.39 Å². The Bertz CT molecular complexity index is 685. The Balaban J connectivity index is 1.52. The monoisotopic (exact) mass is 329 g/mol. The fourth-order valence-electron chi connectivity index (χ4n) is 4.16. The second kappa shape index (κ2) is 6.65. The van der Waals surface area contributed by atoms with Gasteiger partial charge in [-0.25, -0.2) is 9.37 Å². The summed E-state index contributed by atoms with van der Waals surface area (Å²) in [5.74, 6) is 0.229. The summed E-state index contributed by atoms with van der Waals surface area (Å²) in [6.07, 6.45) is 8.21. The van der Waals surface area contributed by atoms with E-state index < -0.39 is 0 Å². The normalized spacial score (nSPS) is 21.2. The van der Waals surface area contributed by atoms with Crippen LogP contribution in [0.25, 0.3) is 11.5 Å². The Kier molecular flexibility index (Phi) is 4.37. The van der Waals surface area contributed by atoms with Crippen molar-refractivity contribution in [3.05, 3.63) is 42.0 Å². The SMILES string of the molecule is Fc1cccc(-c2nc(CN3CCNCC34CCCCC4)co2)c1.